The van der Waals surface area contributed by atoms with Crippen molar-refractivity contribution in [3.8, 4) is 0 Å². The van der Waals surface area contributed by atoms with Crippen LogP contribution in [0.4, 0.5) is 0 Å². The number of hydrogen-bond donors (Lipinski definition) is 1. The van der Waals surface area contributed by atoms with Crippen LogP contribution in [0.2, 0.25) is 0 Å². The minimum absolute atomic E-state index is 0.205. The average Bonchev–Trinajstić information content (AvgIpc) is 2.73. The Morgan fingerprint density at radius 3 is 2.71 bits per heavy atom. The molecule has 4 nitrogen and oxygen atoms in total. The first-order valence-electron chi connectivity index (χ1n) is 6.63. The molecule has 1 aliphatic heterocycles. The zero-order chi connectivity index (χ0) is 12.7. The predicted octanol–water partition coefficient (Wildman–Crippen LogP) is 0.968. The Bertz CT molecular complexity index is 200. The van der Waals surface area contributed by atoms with Crippen molar-refractivity contribution in [3.05, 3.63) is 0 Å². The molecule has 1 saturated heterocycles. The van der Waals surface area contributed by atoms with Gasteiger partial charge in [-0.05, 0) is 25.4 Å². The zero-order valence-corrected chi connectivity index (χ0v) is 11.7. The lowest BCUT2D eigenvalue weighted by atomic mass is 10.1. The molecule has 0 spiro atoms. The number of nitrogens with one attached hydrogen (secondary N) is 1. The smallest absolute Gasteiger partial charge is 0.0931 e. The minimum atomic E-state index is 0.205. The van der Waals surface area contributed by atoms with Crippen molar-refractivity contribution in [2.24, 2.45) is 5.92 Å². The summed E-state index contributed by atoms with van der Waals surface area (Å²) in [5, 5.41) is 3.52. The largest absolute Gasteiger partial charge is 0.382 e. The molecular formula is C13H28N2O2. The highest BCUT2D eigenvalue weighted by Gasteiger charge is 2.24. The van der Waals surface area contributed by atoms with Crippen LogP contribution in [0.25, 0.3) is 0 Å². The van der Waals surface area contributed by atoms with E-state index < -0.39 is 0 Å². The maximum absolute atomic E-state index is 5.40. The Labute approximate surface area is 106 Å². The summed E-state index contributed by atoms with van der Waals surface area (Å²) in [6.07, 6.45) is 1.50. The fourth-order valence-electron chi connectivity index (χ4n) is 2.32. The van der Waals surface area contributed by atoms with Gasteiger partial charge < -0.3 is 19.7 Å². The molecule has 2 atom stereocenters. The van der Waals surface area contributed by atoms with Crippen LogP contribution in [-0.2, 0) is 9.47 Å². The zero-order valence-electron chi connectivity index (χ0n) is 11.7. The second-order valence-corrected chi connectivity index (χ2v) is 5.29. The number of ether oxygens (including phenoxy) is 2. The summed E-state index contributed by atoms with van der Waals surface area (Å²) in [7, 11) is 3.49. The summed E-state index contributed by atoms with van der Waals surface area (Å²) in [5.41, 5.74) is 0. The molecule has 102 valence electrons. The number of hydrogen-bond acceptors (Lipinski definition) is 4. The lowest BCUT2D eigenvalue weighted by molar-refractivity contribution is 0.00948. The molecule has 0 amide bonds. The first-order valence-corrected chi connectivity index (χ1v) is 6.63. The molecule has 2 unspecified atom stereocenters. The van der Waals surface area contributed by atoms with Gasteiger partial charge in [-0.3, -0.25) is 0 Å². The van der Waals surface area contributed by atoms with E-state index >= 15 is 0 Å². The second-order valence-electron chi connectivity index (χ2n) is 5.29. The highest BCUT2D eigenvalue weighted by atomic mass is 16.5. The summed E-state index contributed by atoms with van der Waals surface area (Å²) in [5.74, 6) is 0.789. The molecular weight excluding hydrogens is 216 g/mol. The van der Waals surface area contributed by atoms with Gasteiger partial charge in [-0.2, -0.15) is 0 Å². The Kier molecular flexibility index (Phi) is 7.04. The third-order valence-corrected chi connectivity index (χ3v) is 3.33. The van der Waals surface area contributed by atoms with Crippen LogP contribution in [-0.4, -0.2) is 64.1 Å². The lowest BCUT2D eigenvalue weighted by Gasteiger charge is -2.22. The van der Waals surface area contributed by atoms with E-state index in [9.17, 15) is 0 Å². The fourth-order valence-corrected chi connectivity index (χ4v) is 2.32. The predicted molar refractivity (Wildman–Crippen MR) is 70.4 cm³/mol. The van der Waals surface area contributed by atoms with E-state index in [1.54, 1.807) is 14.2 Å². The van der Waals surface area contributed by atoms with Crippen LogP contribution in [0, 0.1) is 5.92 Å². The van der Waals surface area contributed by atoms with E-state index in [0.717, 1.165) is 19.0 Å². The van der Waals surface area contributed by atoms with Gasteiger partial charge in [0.25, 0.3) is 0 Å². The van der Waals surface area contributed by atoms with Crippen LogP contribution in [0.15, 0.2) is 0 Å². The molecule has 0 aromatic carbocycles. The van der Waals surface area contributed by atoms with Crippen molar-refractivity contribution in [3.63, 3.8) is 0 Å². The monoisotopic (exact) mass is 244 g/mol. The molecule has 17 heavy (non-hydrogen) atoms. The summed E-state index contributed by atoms with van der Waals surface area (Å²) in [6, 6.07) is 0.587. The molecule has 1 fully saturated rings. The van der Waals surface area contributed by atoms with Crippen LogP contribution in [0.3, 0.4) is 0 Å². The van der Waals surface area contributed by atoms with Crippen LogP contribution < -0.4 is 5.32 Å². The maximum Gasteiger partial charge on any atom is 0.0931 e. The summed E-state index contributed by atoms with van der Waals surface area (Å²) >= 11 is 0. The van der Waals surface area contributed by atoms with Crippen molar-refractivity contribution < 1.29 is 9.47 Å². The number of methoxy groups -OCH3 is 2. The molecule has 4 heteroatoms. The number of rotatable bonds is 8. The van der Waals surface area contributed by atoms with Crippen molar-refractivity contribution in [1.82, 2.24) is 10.2 Å². The van der Waals surface area contributed by atoms with Gasteiger partial charge >= 0.3 is 0 Å². The Morgan fingerprint density at radius 2 is 2.12 bits per heavy atom. The van der Waals surface area contributed by atoms with Gasteiger partial charge in [0.1, 0.15) is 0 Å². The van der Waals surface area contributed by atoms with Crippen molar-refractivity contribution >= 4 is 0 Å². The highest BCUT2D eigenvalue weighted by Crippen LogP contribution is 2.16. The first-order chi connectivity index (χ1) is 8.15. The summed E-state index contributed by atoms with van der Waals surface area (Å²) in [4.78, 5) is 2.49. The molecule has 0 bridgehead atoms. The Balaban J connectivity index is 2.20. The SMILES string of the molecule is COCC(CN1CCC(CNC(C)C)C1)OC. The van der Waals surface area contributed by atoms with Gasteiger partial charge in [-0.15, -0.1) is 0 Å². The summed E-state index contributed by atoms with van der Waals surface area (Å²) in [6.45, 7) is 9.58. The average molecular weight is 244 g/mol. The normalized spacial score (nSPS) is 23.5. The summed E-state index contributed by atoms with van der Waals surface area (Å²) < 4.78 is 10.6. The van der Waals surface area contributed by atoms with Gasteiger partial charge in [0.05, 0.1) is 12.7 Å². The highest BCUT2D eigenvalue weighted by molar-refractivity contribution is 4.79. The molecule has 0 aliphatic carbocycles. The quantitative estimate of drug-likeness (QED) is 0.690. The third kappa shape index (κ3) is 5.82. The Morgan fingerprint density at radius 1 is 1.35 bits per heavy atom. The van der Waals surface area contributed by atoms with Gasteiger partial charge in [-0.1, -0.05) is 13.8 Å². The molecule has 0 radical (unpaired) electrons. The number of likely N-dealkylation sites (tertiary alicyclic amines) is 1. The number of nitrogens with zero attached hydrogens (tertiary/aromatic N) is 1. The van der Waals surface area contributed by atoms with E-state index in [-0.39, 0.29) is 6.10 Å². The van der Waals surface area contributed by atoms with Crippen LogP contribution in [0.5, 0.6) is 0 Å². The van der Waals surface area contributed by atoms with Gasteiger partial charge in [0.2, 0.25) is 0 Å². The minimum Gasteiger partial charge on any atom is -0.382 e. The van der Waals surface area contributed by atoms with E-state index in [0.29, 0.717) is 12.6 Å². The maximum atomic E-state index is 5.40. The fraction of sp³-hybridized carbons (Fsp3) is 1.00. The van der Waals surface area contributed by atoms with E-state index in [1.165, 1.54) is 19.5 Å². The molecule has 1 rings (SSSR count). The van der Waals surface area contributed by atoms with Crippen molar-refractivity contribution in [2.75, 3.05) is 47.0 Å². The van der Waals surface area contributed by atoms with Crippen molar-refractivity contribution in [2.45, 2.75) is 32.4 Å². The molecule has 0 saturated carbocycles. The van der Waals surface area contributed by atoms with Crippen molar-refractivity contribution in [1.29, 1.82) is 0 Å². The van der Waals surface area contributed by atoms with Crippen LogP contribution >= 0.6 is 0 Å². The Hall–Kier alpha value is -0.160. The van der Waals surface area contributed by atoms with Gasteiger partial charge in [0.15, 0.2) is 0 Å². The molecule has 1 N–H and O–H groups in total. The topological polar surface area (TPSA) is 33.7 Å². The molecule has 0 aromatic heterocycles. The van der Waals surface area contributed by atoms with E-state index in [1.807, 2.05) is 0 Å². The molecule has 0 aromatic rings. The first kappa shape index (κ1) is 14.9. The lowest BCUT2D eigenvalue weighted by Crippen LogP contribution is -2.36. The third-order valence-electron chi connectivity index (χ3n) is 3.33. The second kappa shape index (κ2) is 8.03. The van der Waals surface area contributed by atoms with E-state index in [2.05, 4.69) is 24.1 Å². The van der Waals surface area contributed by atoms with Gasteiger partial charge in [-0.25, -0.2) is 0 Å². The molecule has 1 aliphatic rings. The van der Waals surface area contributed by atoms with Gasteiger partial charge in [0, 0.05) is 33.4 Å². The standard InChI is InChI=1S/C13H28N2O2/c1-11(2)14-7-12-5-6-15(8-12)9-13(17-4)10-16-3/h11-14H,5-10H2,1-4H3. The molecule has 1 heterocycles. The van der Waals surface area contributed by atoms with E-state index in [4.69, 9.17) is 9.47 Å². The van der Waals surface area contributed by atoms with Crippen LogP contribution in [0.1, 0.15) is 20.3 Å².